The quantitative estimate of drug-likeness (QED) is 0.0261. The van der Waals surface area contributed by atoms with Crippen LogP contribution in [0.15, 0.2) is 85.1 Å². The first-order valence-corrected chi connectivity index (χ1v) is 35.1. The van der Waals surface area contributed by atoms with Crippen LogP contribution >= 0.6 is 0 Å². The van der Waals surface area contributed by atoms with E-state index in [0.29, 0.717) is 19.3 Å². The molecule has 0 rings (SSSR count). The highest BCUT2D eigenvalue weighted by Gasteiger charge is 2.19. The van der Waals surface area contributed by atoms with Gasteiger partial charge >= 0.3 is 17.9 Å². The van der Waals surface area contributed by atoms with Crippen molar-refractivity contribution < 1.29 is 28.6 Å². The van der Waals surface area contributed by atoms with E-state index in [-0.39, 0.29) is 31.1 Å². The number of allylic oxidation sites excluding steroid dienone is 14. The smallest absolute Gasteiger partial charge is 0.306 e. The minimum atomic E-state index is -0.772. The summed E-state index contributed by atoms with van der Waals surface area (Å²) in [6, 6.07) is 0. The lowest BCUT2D eigenvalue weighted by atomic mass is 10.0. The number of carbonyl (C=O) groups is 3. The third kappa shape index (κ3) is 67.3. The van der Waals surface area contributed by atoms with Crippen molar-refractivity contribution in [1.29, 1.82) is 0 Å². The molecule has 1 unspecified atom stereocenters. The Morgan fingerprint density at radius 1 is 0.259 bits per heavy atom. The van der Waals surface area contributed by atoms with E-state index in [0.717, 1.165) is 103 Å². The van der Waals surface area contributed by atoms with Gasteiger partial charge < -0.3 is 14.2 Å². The Balaban J connectivity index is 3.93. The second-order valence-corrected chi connectivity index (χ2v) is 23.4. The fourth-order valence-corrected chi connectivity index (χ4v) is 10.2. The Hall–Kier alpha value is -3.41. The summed E-state index contributed by atoms with van der Waals surface area (Å²) in [5.41, 5.74) is 0. The number of hydrogen-bond acceptors (Lipinski definition) is 6. The van der Waals surface area contributed by atoms with Crippen LogP contribution in [0.5, 0.6) is 0 Å². The molecule has 0 bridgehead atoms. The summed E-state index contributed by atoms with van der Waals surface area (Å²) in [6.45, 7) is 6.47. The minimum absolute atomic E-state index is 0.0725. The molecule has 468 valence electrons. The van der Waals surface area contributed by atoms with Gasteiger partial charge in [0.15, 0.2) is 6.10 Å². The fraction of sp³-hybridized carbons (Fsp3) is 0.773. The van der Waals surface area contributed by atoms with Crippen molar-refractivity contribution in [2.45, 2.75) is 361 Å². The van der Waals surface area contributed by atoms with Gasteiger partial charge in [-0.25, -0.2) is 0 Å². The lowest BCUT2D eigenvalue weighted by molar-refractivity contribution is -0.167. The number of hydrogen-bond donors (Lipinski definition) is 0. The summed E-state index contributed by atoms with van der Waals surface area (Å²) < 4.78 is 16.8. The summed E-state index contributed by atoms with van der Waals surface area (Å²) in [6.07, 6.45) is 92.4. The lowest BCUT2D eigenvalue weighted by Gasteiger charge is -2.18. The lowest BCUT2D eigenvalue weighted by Crippen LogP contribution is -2.30. The van der Waals surface area contributed by atoms with Crippen molar-refractivity contribution in [2.24, 2.45) is 0 Å². The van der Waals surface area contributed by atoms with Gasteiger partial charge in [0.25, 0.3) is 0 Å². The molecule has 0 fully saturated rings. The molecule has 0 heterocycles. The topological polar surface area (TPSA) is 78.9 Å². The fourth-order valence-electron chi connectivity index (χ4n) is 10.2. The van der Waals surface area contributed by atoms with Crippen LogP contribution in [0.2, 0.25) is 0 Å². The summed E-state index contributed by atoms with van der Waals surface area (Å²) in [7, 11) is 0. The highest BCUT2D eigenvalue weighted by atomic mass is 16.6. The van der Waals surface area contributed by atoms with Gasteiger partial charge in [-0.05, 0) is 96.3 Å². The highest BCUT2D eigenvalue weighted by molar-refractivity contribution is 5.71. The highest BCUT2D eigenvalue weighted by Crippen LogP contribution is 2.18. The van der Waals surface area contributed by atoms with Crippen molar-refractivity contribution in [1.82, 2.24) is 0 Å². The molecule has 0 aliphatic rings. The van der Waals surface area contributed by atoms with E-state index < -0.39 is 6.10 Å². The molecule has 0 saturated carbocycles. The molecule has 0 aromatic heterocycles. The second-order valence-electron chi connectivity index (χ2n) is 23.4. The molecule has 0 aromatic rings. The molecule has 0 aliphatic heterocycles. The Bertz CT molecular complexity index is 1530. The number of esters is 3. The van der Waals surface area contributed by atoms with Crippen LogP contribution in [-0.4, -0.2) is 37.2 Å². The molecule has 6 heteroatoms. The average molecular weight is 1130 g/mol. The summed E-state index contributed by atoms with van der Waals surface area (Å²) in [4.78, 5) is 38.0. The summed E-state index contributed by atoms with van der Waals surface area (Å²) >= 11 is 0. The van der Waals surface area contributed by atoms with Gasteiger partial charge in [-0.3, -0.25) is 14.4 Å². The molecular weight excluding hydrogens is 997 g/mol. The third-order valence-corrected chi connectivity index (χ3v) is 15.4. The van der Waals surface area contributed by atoms with Crippen LogP contribution in [0, 0.1) is 0 Å². The van der Waals surface area contributed by atoms with Gasteiger partial charge in [0.2, 0.25) is 0 Å². The molecule has 81 heavy (non-hydrogen) atoms. The normalized spacial score (nSPS) is 12.6. The van der Waals surface area contributed by atoms with E-state index >= 15 is 0 Å². The van der Waals surface area contributed by atoms with Crippen LogP contribution in [-0.2, 0) is 28.6 Å². The number of unbranched alkanes of at least 4 members (excludes halogenated alkanes) is 39. The van der Waals surface area contributed by atoms with Crippen molar-refractivity contribution in [3.05, 3.63) is 85.1 Å². The van der Waals surface area contributed by atoms with Gasteiger partial charge in [0, 0.05) is 19.3 Å². The molecule has 0 aromatic carbocycles. The van der Waals surface area contributed by atoms with Crippen LogP contribution in [0.3, 0.4) is 0 Å². The van der Waals surface area contributed by atoms with E-state index in [1.165, 1.54) is 212 Å². The molecule has 0 spiro atoms. The molecule has 0 amide bonds. The number of carbonyl (C=O) groups excluding carboxylic acids is 3. The van der Waals surface area contributed by atoms with Crippen LogP contribution < -0.4 is 0 Å². The standard InChI is InChI=1S/C75H132O6/c1-4-7-10-13-15-17-19-21-23-25-27-29-31-32-33-34-35-36-37-38-39-40-41-42-44-45-47-49-51-53-55-57-59-62-65-68-74(77)80-71-72(70-79-73(76)67-64-61-12-9-6-3)81-75(78)69-66-63-60-58-56-54-52-50-48-46-43-30-28-26-24-22-20-18-16-14-11-8-5-2/h7,10,15,17,20-23,26-29,32-33,72H,4-6,8-9,11-14,16,18-19,24-25,30-31,34-71H2,1-3H3/b10-7-,17-15-,22-20-,23-21-,28-26-,29-27-,33-32-. The SMILES string of the molecule is CC/C=C\C/C=C\C/C=C\C/C=C\C/C=C\CCCCCCCCCCCCCCCCCCCCCC(=O)OCC(COC(=O)CCCCCCC)OC(=O)CCCCCCCCCCCCC/C=C\C/C=C\CCCCCCC. The monoisotopic (exact) mass is 1130 g/mol. The molecule has 0 radical (unpaired) electrons. The molecule has 0 aliphatic carbocycles. The Kier molecular flexibility index (Phi) is 66.2. The minimum Gasteiger partial charge on any atom is -0.462 e. The summed E-state index contributed by atoms with van der Waals surface area (Å²) in [5.74, 6) is -0.871. The average Bonchev–Trinajstić information content (AvgIpc) is 3.47. The van der Waals surface area contributed by atoms with Gasteiger partial charge in [0.1, 0.15) is 13.2 Å². The Morgan fingerprint density at radius 3 is 0.753 bits per heavy atom. The number of ether oxygens (including phenoxy) is 3. The molecule has 6 nitrogen and oxygen atoms in total. The maximum absolute atomic E-state index is 12.8. The predicted molar refractivity (Wildman–Crippen MR) is 353 cm³/mol. The van der Waals surface area contributed by atoms with E-state index in [1.807, 2.05) is 0 Å². The van der Waals surface area contributed by atoms with Gasteiger partial charge in [-0.2, -0.15) is 0 Å². The second kappa shape index (κ2) is 69.1. The van der Waals surface area contributed by atoms with Gasteiger partial charge in [0.05, 0.1) is 0 Å². The summed E-state index contributed by atoms with van der Waals surface area (Å²) in [5, 5.41) is 0. The van der Waals surface area contributed by atoms with E-state index in [9.17, 15) is 14.4 Å². The first-order chi connectivity index (χ1) is 40.0. The maximum atomic E-state index is 12.8. The van der Waals surface area contributed by atoms with Gasteiger partial charge in [-0.15, -0.1) is 0 Å². The van der Waals surface area contributed by atoms with Gasteiger partial charge in [-0.1, -0.05) is 324 Å². The third-order valence-electron chi connectivity index (χ3n) is 15.4. The zero-order chi connectivity index (χ0) is 58.5. The first-order valence-electron chi connectivity index (χ1n) is 35.1. The molecular formula is C75H132O6. The van der Waals surface area contributed by atoms with Crippen LogP contribution in [0.1, 0.15) is 355 Å². The molecule has 0 saturated heterocycles. The Labute approximate surface area is 503 Å². The van der Waals surface area contributed by atoms with E-state index in [1.54, 1.807) is 0 Å². The van der Waals surface area contributed by atoms with E-state index in [2.05, 4.69) is 106 Å². The zero-order valence-corrected chi connectivity index (χ0v) is 53.8. The molecule has 0 N–H and O–H groups in total. The first kappa shape index (κ1) is 77.6. The van der Waals surface area contributed by atoms with E-state index in [4.69, 9.17) is 14.2 Å². The van der Waals surface area contributed by atoms with Crippen molar-refractivity contribution in [2.75, 3.05) is 13.2 Å². The predicted octanol–water partition coefficient (Wildman–Crippen LogP) is 24.2. The number of rotatable bonds is 64. The van der Waals surface area contributed by atoms with Crippen molar-refractivity contribution >= 4 is 17.9 Å². The van der Waals surface area contributed by atoms with Crippen molar-refractivity contribution in [3.8, 4) is 0 Å². The largest absolute Gasteiger partial charge is 0.462 e. The Morgan fingerprint density at radius 2 is 0.481 bits per heavy atom. The molecule has 1 atom stereocenters. The van der Waals surface area contributed by atoms with Crippen LogP contribution in [0.25, 0.3) is 0 Å². The van der Waals surface area contributed by atoms with Crippen molar-refractivity contribution in [3.63, 3.8) is 0 Å². The maximum Gasteiger partial charge on any atom is 0.306 e. The van der Waals surface area contributed by atoms with Crippen LogP contribution in [0.4, 0.5) is 0 Å². The zero-order valence-electron chi connectivity index (χ0n) is 53.8.